The zero-order valence-corrected chi connectivity index (χ0v) is 14.4. The maximum Gasteiger partial charge on any atom is 0.271 e. The lowest BCUT2D eigenvalue weighted by atomic mass is 10.2. The molecule has 1 aliphatic rings. The van der Waals surface area contributed by atoms with Crippen LogP contribution in [0.2, 0.25) is 0 Å². The minimum absolute atomic E-state index is 0.105. The second kappa shape index (κ2) is 6.07. The molecule has 0 bridgehead atoms. The van der Waals surface area contributed by atoms with Crippen LogP contribution in [0.5, 0.6) is 0 Å². The maximum atomic E-state index is 13.8. The molecule has 0 aliphatic heterocycles. The highest BCUT2D eigenvalue weighted by Crippen LogP contribution is 2.31. The van der Waals surface area contributed by atoms with E-state index >= 15 is 0 Å². The van der Waals surface area contributed by atoms with Crippen molar-refractivity contribution in [2.75, 3.05) is 5.32 Å². The first-order valence-electron chi connectivity index (χ1n) is 8.09. The summed E-state index contributed by atoms with van der Waals surface area (Å²) in [6, 6.07) is 5.97. The van der Waals surface area contributed by atoms with Crippen LogP contribution in [0.4, 0.5) is 10.1 Å². The van der Waals surface area contributed by atoms with Gasteiger partial charge in [0, 0.05) is 11.4 Å². The molecular formula is C18H16FN3O2S. The molecule has 4 rings (SSSR count). The smallest absolute Gasteiger partial charge is 0.271 e. The Morgan fingerprint density at radius 3 is 2.88 bits per heavy atom. The fraction of sp³-hybridized carbons (Fsp3) is 0.278. The van der Waals surface area contributed by atoms with Crippen molar-refractivity contribution in [3.8, 4) is 0 Å². The molecule has 0 unspecified atom stereocenters. The van der Waals surface area contributed by atoms with Crippen molar-refractivity contribution < 1.29 is 9.18 Å². The van der Waals surface area contributed by atoms with Gasteiger partial charge in [0.05, 0.1) is 17.6 Å². The van der Waals surface area contributed by atoms with Crippen LogP contribution >= 0.6 is 11.3 Å². The second-order valence-electron chi connectivity index (χ2n) is 6.29. The third kappa shape index (κ3) is 2.95. The molecule has 1 fully saturated rings. The van der Waals surface area contributed by atoms with Crippen LogP contribution in [0.25, 0.3) is 10.2 Å². The van der Waals surface area contributed by atoms with Gasteiger partial charge in [-0.25, -0.2) is 9.37 Å². The third-order valence-corrected chi connectivity index (χ3v) is 5.42. The lowest BCUT2D eigenvalue weighted by Gasteiger charge is -2.07. The van der Waals surface area contributed by atoms with E-state index in [1.165, 1.54) is 29.8 Å². The monoisotopic (exact) mass is 357 g/mol. The van der Waals surface area contributed by atoms with E-state index in [-0.39, 0.29) is 11.2 Å². The van der Waals surface area contributed by atoms with Gasteiger partial charge >= 0.3 is 0 Å². The molecule has 0 atom stereocenters. The van der Waals surface area contributed by atoms with Crippen molar-refractivity contribution in [2.45, 2.75) is 26.3 Å². The van der Waals surface area contributed by atoms with Gasteiger partial charge < -0.3 is 5.32 Å². The first-order valence-corrected chi connectivity index (χ1v) is 8.90. The molecule has 1 N–H and O–H groups in total. The van der Waals surface area contributed by atoms with Crippen molar-refractivity contribution in [1.82, 2.24) is 9.55 Å². The Balaban J connectivity index is 1.73. The lowest BCUT2D eigenvalue weighted by Crippen LogP contribution is -2.21. The van der Waals surface area contributed by atoms with Gasteiger partial charge in [0.2, 0.25) is 0 Å². The summed E-state index contributed by atoms with van der Waals surface area (Å²) < 4.78 is 15.9. The van der Waals surface area contributed by atoms with Crippen molar-refractivity contribution in [1.29, 1.82) is 0 Å². The zero-order chi connectivity index (χ0) is 17.6. The van der Waals surface area contributed by atoms with E-state index < -0.39 is 11.7 Å². The standard InChI is InChI=1S/C18H16FN3O2S/c1-10-14(17(23)21-13-5-3-2-4-12(13)19)15-16(25-10)18(24)22(9-20-15)8-11-6-7-11/h2-5,9,11H,6-8H2,1H3,(H,21,23). The first kappa shape index (κ1) is 16.0. The van der Waals surface area contributed by atoms with Crippen LogP contribution in [0.1, 0.15) is 28.1 Å². The summed E-state index contributed by atoms with van der Waals surface area (Å²) in [4.78, 5) is 30.3. The Morgan fingerprint density at radius 2 is 2.16 bits per heavy atom. The summed E-state index contributed by atoms with van der Waals surface area (Å²) in [5, 5.41) is 2.57. The summed E-state index contributed by atoms with van der Waals surface area (Å²) in [5.74, 6) is -0.407. The molecule has 25 heavy (non-hydrogen) atoms. The average Bonchev–Trinajstić information content (AvgIpc) is 3.33. The molecule has 5 nitrogen and oxygen atoms in total. The number of nitrogens with zero attached hydrogens (tertiary/aromatic N) is 2. The number of anilines is 1. The third-order valence-electron chi connectivity index (χ3n) is 4.34. The van der Waals surface area contributed by atoms with Crippen LogP contribution in [-0.2, 0) is 6.54 Å². The number of thiophene rings is 1. The van der Waals surface area contributed by atoms with E-state index in [1.807, 2.05) is 0 Å². The number of hydrogen-bond donors (Lipinski definition) is 1. The Labute approximate surface area is 147 Å². The van der Waals surface area contributed by atoms with E-state index in [1.54, 1.807) is 23.6 Å². The molecule has 3 aromatic rings. The number of fused-ring (bicyclic) bond motifs is 1. The van der Waals surface area contributed by atoms with Crippen molar-refractivity contribution in [3.63, 3.8) is 0 Å². The van der Waals surface area contributed by atoms with Crippen LogP contribution in [0, 0.1) is 18.7 Å². The fourth-order valence-electron chi connectivity index (χ4n) is 2.83. The highest BCUT2D eigenvalue weighted by atomic mass is 32.1. The van der Waals surface area contributed by atoms with Crippen LogP contribution in [-0.4, -0.2) is 15.5 Å². The molecule has 2 aromatic heterocycles. The summed E-state index contributed by atoms with van der Waals surface area (Å²) in [6.45, 7) is 2.45. The van der Waals surface area contributed by atoms with Gasteiger partial charge in [-0.2, -0.15) is 0 Å². The predicted octanol–water partition coefficient (Wildman–Crippen LogP) is 3.57. The number of halogens is 1. The lowest BCUT2D eigenvalue weighted by molar-refractivity contribution is 0.102. The van der Waals surface area contributed by atoms with E-state index in [0.29, 0.717) is 33.1 Å². The summed E-state index contributed by atoms with van der Waals surface area (Å²) in [5.41, 5.74) is 0.704. The fourth-order valence-corrected chi connectivity index (χ4v) is 3.89. The molecule has 1 saturated carbocycles. The summed E-state index contributed by atoms with van der Waals surface area (Å²) in [6.07, 6.45) is 3.80. The molecule has 0 radical (unpaired) electrons. The van der Waals surface area contributed by atoms with Crippen molar-refractivity contribution >= 4 is 33.1 Å². The topological polar surface area (TPSA) is 64.0 Å². The molecule has 128 valence electrons. The van der Waals surface area contributed by atoms with E-state index in [2.05, 4.69) is 10.3 Å². The van der Waals surface area contributed by atoms with Crippen LogP contribution in [0.3, 0.4) is 0 Å². The van der Waals surface area contributed by atoms with Crippen LogP contribution < -0.4 is 10.9 Å². The number of rotatable bonds is 4. The second-order valence-corrected chi connectivity index (χ2v) is 7.52. The Kier molecular flexibility index (Phi) is 3.88. The number of nitrogens with one attached hydrogen (secondary N) is 1. The Bertz CT molecular complexity index is 1040. The minimum atomic E-state index is -0.507. The number of amides is 1. The largest absolute Gasteiger partial charge is 0.319 e. The van der Waals surface area contributed by atoms with E-state index in [9.17, 15) is 14.0 Å². The predicted molar refractivity (Wildman–Crippen MR) is 95.7 cm³/mol. The molecule has 1 amide bonds. The molecule has 0 spiro atoms. The molecule has 1 aromatic carbocycles. The molecule has 0 saturated heterocycles. The van der Waals surface area contributed by atoms with Crippen molar-refractivity contribution in [2.24, 2.45) is 5.92 Å². The normalized spacial score (nSPS) is 14.0. The summed E-state index contributed by atoms with van der Waals surface area (Å²) in [7, 11) is 0. The number of carbonyl (C=O) groups is 1. The number of aryl methyl sites for hydroxylation is 1. The zero-order valence-electron chi connectivity index (χ0n) is 13.6. The average molecular weight is 357 g/mol. The first-order chi connectivity index (χ1) is 12.0. The SMILES string of the molecule is Cc1sc2c(=O)n(CC3CC3)cnc2c1C(=O)Nc1ccccc1F. The van der Waals surface area contributed by atoms with Gasteiger partial charge in [0.15, 0.2) is 0 Å². The summed E-state index contributed by atoms with van der Waals surface area (Å²) >= 11 is 1.26. The van der Waals surface area contributed by atoms with E-state index in [0.717, 1.165) is 12.8 Å². The minimum Gasteiger partial charge on any atom is -0.319 e. The molecular weight excluding hydrogens is 341 g/mol. The number of para-hydroxylation sites is 1. The molecule has 2 heterocycles. The van der Waals surface area contributed by atoms with Gasteiger partial charge in [0.1, 0.15) is 16.0 Å². The van der Waals surface area contributed by atoms with Gasteiger partial charge in [-0.05, 0) is 37.8 Å². The highest BCUT2D eigenvalue weighted by Gasteiger charge is 2.25. The van der Waals surface area contributed by atoms with Crippen LogP contribution in [0.15, 0.2) is 35.4 Å². The number of hydrogen-bond acceptors (Lipinski definition) is 4. The van der Waals surface area contributed by atoms with Crippen molar-refractivity contribution in [3.05, 3.63) is 57.2 Å². The maximum absolute atomic E-state index is 13.8. The number of carbonyl (C=O) groups excluding carboxylic acids is 1. The van der Waals surface area contributed by atoms with Gasteiger partial charge in [0.25, 0.3) is 11.5 Å². The quantitative estimate of drug-likeness (QED) is 0.776. The van der Waals surface area contributed by atoms with Gasteiger partial charge in [-0.3, -0.25) is 14.2 Å². The van der Waals surface area contributed by atoms with Gasteiger partial charge in [-0.15, -0.1) is 11.3 Å². The molecule has 7 heteroatoms. The Morgan fingerprint density at radius 1 is 1.40 bits per heavy atom. The Hall–Kier alpha value is -2.54. The number of benzene rings is 1. The number of aromatic nitrogens is 2. The van der Waals surface area contributed by atoms with Gasteiger partial charge in [-0.1, -0.05) is 12.1 Å². The van der Waals surface area contributed by atoms with E-state index in [4.69, 9.17) is 0 Å². The molecule has 1 aliphatic carbocycles. The highest BCUT2D eigenvalue weighted by molar-refractivity contribution is 7.19.